The van der Waals surface area contributed by atoms with Gasteiger partial charge in [-0.05, 0) is 43.7 Å². The molecule has 0 bridgehead atoms. The van der Waals surface area contributed by atoms with Gasteiger partial charge in [0.15, 0.2) is 5.16 Å². The second-order valence-electron chi connectivity index (χ2n) is 6.29. The molecule has 0 spiro atoms. The minimum Gasteiger partial charge on any atom is -0.465 e. The van der Waals surface area contributed by atoms with E-state index in [0.29, 0.717) is 12.1 Å². The molecular formula is C21H23N3O3S. The highest BCUT2D eigenvalue weighted by Gasteiger charge is 2.18. The molecule has 0 aliphatic carbocycles. The summed E-state index contributed by atoms with van der Waals surface area (Å²) >= 11 is 1.45. The summed E-state index contributed by atoms with van der Waals surface area (Å²) in [5.41, 5.74) is 3.41. The molecule has 0 aliphatic heterocycles. The number of benzene rings is 2. The van der Waals surface area contributed by atoms with Crippen molar-refractivity contribution in [2.75, 3.05) is 7.11 Å². The zero-order chi connectivity index (χ0) is 20.1. The fourth-order valence-electron chi connectivity index (χ4n) is 2.87. The Morgan fingerprint density at radius 2 is 1.89 bits per heavy atom. The van der Waals surface area contributed by atoms with Crippen molar-refractivity contribution in [3.63, 3.8) is 0 Å². The van der Waals surface area contributed by atoms with Gasteiger partial charge in [-0.2, -0.15) is 0 Å². The average Bonchev–Trinajstić information content (AvgIpc) is 3.08. The van der Waals surface area contributed by atoms with Crippen molar-refractivity contribution in [1.29, 1.82) is 0 Å². The van der Waals surface area contributed by atoms with Crippen LogP contribution < -0.4 is 5.32 Å². The molecule has 0 radical (unpaired) electrons. The normalized spacial score (nSPS) is 12.0. The van der Waals surface area contributed by atoms with Gasteiger partial charge in [-0.3, -0.25) is 4.79 Å². The topological polar surface area (TPSA) is 73.2 Å². The number of nitrogens with one attached hydrogen (secondary N) is 1. The van der Waals surface area contributed by atoms with Crippen LogP contribution in [0.15, 0.2) is 53.7 Å². The smallest absolute Gasteiger partial charge is 0.337 e. The number of aryl methyl sites for hydroxylation is 1. The van der Waals surface area contributed by atoms with E-state index < -0.39 is 0 Å². The molecule has 3 rings (SSSR count). The van der Waals surface area contributed by atoms with Crippen LogP contribution in [0.3, 0.4) is 0 Å². The van der Waals surface area contributed by atoms with Crippen LogP contribution in [0.2, 0.25) is 0 Å². The number of nitrogens with zero attached hydrogens (tertiary/aromatic N) is 2. The van der Waals surface area contributed by atoms with Crippen LogP contribution in [-0.4, -0.2) is 33.8 Å². The number of aromatic nitrogens is 2. The Bertz CT molecular complexity index is 982. The molecule has 1 atom stereocenters. The van der Waals surface area contributed by atoms with Crippen molar-refractivity contribution in [1.82, 2.24) is 14.9 Å². The Morgan fingerprint density at radius 1 is 1.18 bits per heavy atom. The largest absolute Gasteiger partial charge is 0.465 e. The predicted molar refractivity (Wildman–Crippen MR) is 110 cm³/mol. The van der Waals surface area contributed by atoms with Gasteiger partial charge in [0.25, 0.3) is 0 Å². The summed E-state index contributed by atoms with van der Waals surface area (Å²) in [5, 5.41) is 3.50. The van der Waals surface area contributed by atoms with Gasteiger partial charge in [-0.25, -0.2) is 9.78 Å². The number of amides is 1. The number of carbonyl (C=O) groups is 2. The van der Waals surface area contributed by atoms with Gasteiger partial charge in [-0.15, -0.1) is 0 Å². The monoisotopic (exact) mass is 397 g/mol. The number of hydrogen-bond acceptors (Lipinski definition) is 5. The zero-order valence-electron chi connectivity index (χ0n) is 16.1. The molecule has 1 amide bonds. The number of ether oxygens (including phenoxy) is 1. The highest BCUT2D eigenvalue weighted by Crippen LogP contribution is 2.27. The molecule has 1 N–H and O–H groups in total. The molecule has 0 aliphatic rings. The Labute approximate surface area is 168 Å². The molecule has 0 saturated carbocycles. The number of methoxy groups -OCH3 is 1. The third-order valence-electron chi connectivity index (χ3n) is 4.43. The van der Waals surface area contributed by atoms with E-state index in [1.54, 1.807) is 24.3 Å². The van der Waals surface area contributed by atoms with Crippen LogP contribution in [0.25, 0.3) is 11.0 Å². The van der Waals surface area contributed by atoms with Crippen molar-refractivity contribution in [2.45, 2.75) is 37.3 Å². The van der Waals surface area contributed by atoms with Crippen LogP contribution in [0.1, 0.15) is 29.8 Å². The maximum Gasteiger partial charge on any atom is 0.337 e. The molecule has 2 aromatic carbocycles. The summed E-state index contributed by atoms with van der Waals surface area (Å²) in [7, 11) is 1.35. The minimum absolute atomic E-state index is 0.0586. The molecule has 7 heteroatoms. The quantitative estimate of drug-likeness (QED) is 0.487. The molecular weight excluding hydrogens is 374 g/mol. The van der Waals surface area contributed by atoms with Crippen LogP contribution >= 0.6 is 11.8 Å². The van der Waals surface area contributed by atoms with Gasteiger partial charge < -0.3 is 14.6 Å². The number of hydrogen-bond donors (Lipinski definition) is 1. The first-order chi connectivity index (χ1) is 13.5. The third-order valence-corrected chi connectivity index (χ3v) is 5.52. The molecule has 28 heavy (non-hydrogen) atoms. The number of carbonyl (C=O) groups excluding carboxylic acids is 2. The van der Waals surface area contributed by atoms with Gasteiger partial charge in [-0.1, -0.05) is 36.0 Å². The van der Waals surface area contributed by atoms with Crippen LogP contribution in [0, 0.1) is 0 Å². The first-order valence-electron chi connectivity index (χ1n) is 9.10. The summed E-state index contributed by atoms with van der Waals surface area (Å²) < 4.78 is 6.80. The minimum atomic E-state index is -0.376. The number of fused-ring (bicyclic) bond motifs is 1. The Balaban J connectivity index is 1.61. The lowest BCUT2D eigenvalue weighted by molar-refractivity contribution is -0.120. The van der Waals surface area contributed by atoms with Crippen LogP contribution in [-0.2, 0) is 22.6 Å². The molecule has 0 fully saturated rings. The summed E-state index contributed by atoms with van der Waals surface area (Å²) in [6, 6.07) is 15.0. The van der Waals surface area contributed by atoms with Crippen molar-refractivity contribution >= 4 is 34.7 Å². The van der Waals surface area contributed by atoms with E-state index in [2.05, 4.69) is 26.5 Å². The zero-order valence-corrected chi connectivity index (χ0v) is 17.0. The van der Waals surface area contributed by atoms with Gasteiger partial charge >= 0.3 is 5.97 Å². The SMILES string of the molecule is CCn1c(SC(C)C(=O)NCc2ccc(C(=O)OC)cc2)nc2ccccc21. The molecule has 1 heterocycles. The molecule has 0 saturated heterocycles. The van der Waals surface area contributed by atoms with E-state index in [9.17, 15) is 9.59 Å². The second-order valence-corrected chi connectivity index (χ2v) is 7.60. The molecule has 1 aromatic heterocycles. The summed E-state index contributed by atoms with van der Waals surface area (Å²) in [6.45, 7) is 5.14. The Hall–Kier alpha value is -2.80. The lowest BCUT2D eigenvalue weighted by Crippen LogP contribution is -2.30. The van der Waals surface area contributed by atoms with Gasteiger partial charge in [0.1, 0.15) is 0 Å². The van der Waals surface area contributed by atoms with Gasteiger partial charge in [0.05, 0.1) is 29.0 Å². The molecule has 6 nitrogen and oxygen atoms in total. The van der Waals surface area contributed by atoms with E-state index in [0.717, 1.165) is 28.3 Å². The fourth-order valence-corrected chi connectivity index (χ4v) is 3.88. The van der Waals surface area contributed by atoms with Gasteiger partial charge in [0, 0.05) is 13.1 Å². The van der Waals surface area contributed by atoms with E-state index in [4.69, 9.17) is 0 Å². The lowest BCUT2D eigenvalue weighted by atomic mass is 10.1. The van der Waals surface area contributed by atoms with Crippen molar-refractivity contribution in [2.24, 2.45) is 0 Å². The number of thioether (sulfide) groups is 1. The summed E-state index contributed by atoms with van der Waals surface area (Å²) in [6.07, 6.45) is 0. The standard InChI is InChI=1S/C21H23N3O3S/c1-4-24-18-8-6-5-7-17(18)23-21(24)28-14(2)19(25)22-13-15-9-11-16(12-10-15)20(26)27-3/h5-12,14H,4,13H2,1-3H3,(H,22,25). The molecule has 146 valence electrons. The van der Waals surface area contributed by atoms with E-state index in [-0.39, 0.29) is 17.1 Å². The highest BCUT2D eigenvalue weighted by molar-refractivity contribution is 8.00. The number of para-hydroxylation sites is 2. The van der Waals surface area contributed by atoms with E-state index in [1.807, 2.05) is 31.2 Å². The molecule has 1 unspecified atom stereocenters. The first-order valence-corrected chi connectivity index (χ1v) is 9.98. The maximum atomic E-state index is 12.5. The maximum absolute atomic E-state index is 12.5. The highest BCUT2D eigenvalue weighted by atomic mass is 32.2. The lowest BCUT2D eigenvalue weighted by Gasteiger charge is -2.13. The second kappa shape index (κ2) is 8.93. The number of imidazole rings is 1. The summed E-state index contributed by atoms with van der Waals surface area (Å²) in [5.74, 6) is -0.434. The summed E-state index contributed by atoms with van der Waals surface area (Å²) in [4.78, 5) is 28.6. The Morgan fingerprint density at radius 3 is 2.57 bits per heavy atom. The van der Waals surface area contributed by atoms with Crippen LogP contribution in [0.4, 0.5) is 0 Å². The van der Waals surface area contributed by atoms with Crippen molar-refractivity contribution < 1.29 is 14.3 Å². The number of esters is 1. The van der Waals surface area contributed by atoms with Crippen molar-refractivity contribution in [3.8, 4) is 0 Å². The van der Waals surface area contributed by atoms with E-state index >= 15 is 0 Å². The Kier molecular flexibility index (Phi) is 6.36. The average molecular weight is 398 g/mol. The number of rotatable bonds is 7. The first kappa shape index (κ1) is 19.9. The third kappa shape index (κ3) is 4.36. The van der Waals surface area contributed by atoms with Crippen LogP contribution in [0.5, 0.6) is 0 Å². The van der Waals surface area contributed by atoms with Crippen molar-refractivity contribution in [3.05, 3.63) is 59.7 Å². The van der Waals surface area contributed by atoms with E-state index in [1.165, 1.54) is 18.9 Å². The fraction of sp³-hybridized carbons (Fsp3) is 0.286. The predicted octanol–water partition coefficient (Wildman–Crippen LogP) is 3.64. The van der Waals surface area contributed by atoms with Gasteiger partial charge in [0.2, 0.25) is 5.91 Å². The molecule has 3 aromatic rings.